The average Bonchev–Trinajstić information content (AvgIpc) is 2.91. The number of H-pyrrole nitrogens is 1. The molecule has 0 atom stereocenters. The number of carboxylic acids is 1. The molecule has 0 aliphatic rings. The summed E-state index contributed by atoms with van der Waals surface area (Å²) in [5.74, 6) is -0.549. The van der Waals surface area contributed by atoms with Crippen LogP contribution in [-0.2, 0) is 0 Å². The Bertz CT molecular complexity index is 736. The molecule has 0 unspecified atom stereocenters. The van der Waals surface area contributed by atoms with Crippen LogP contribution < -0.4 is 0 Å². The van der Waals surface area contributed by atoms with Crippen LogP contribution in [0.2, 0.25) is 0 Å². The molecule has 0 saturated heterocycles. The summed E-state index contributed by atoms with van der Waals surface area (Å²) in [6.45, 7) is 2.00. The minimum Gasteiger partial charge on any atom is -0.475 e. The molecule has 90 valence electrons. The van der Waals surface area contributed by atoms with Crippen LogP contribution in [0.1, 0.15) is 16.2 Å². The Hall–Kier alpha value is -2.49. The lowest BCUT2D eigenvalue weighted by atomic mass is 10.1. The lowest BCUT2D eigenvalue weighted by Crippen LogP contribution is -1.91. The monoisotopic (exact) mass is 241 g/mol. The first kappa shape index (κ1) is 10.7. The van der Waals surface area contributed by atoms with Gasteiger partial charge in [0.05, 0.1) is 0 Å². The zero-order valence-corrected chi connectivity index (χ0v) is 9.73. The fourth-order valence-corrected chi connectivity index (χ4v) is 2.03. The number of furan rings is 1. The van der Waals surface area contributed by atoms with Crippen LogP contribution in [0.3, 0.4) is 0 Å². The number of aryl methyl sites for hydroxylation is 1. The number of hydrogen-bond donors (Lipinski definition) is 2. The minimum atomic E-state index is -1.06. The predicted octanol–water partition coefficient (Wildman–Crippen LogP) is 3.43. The Morgan fingerprint density at radius 3 is 2.78 bits per heavy atom. The van der Waals surface area contributed by atoms with Crippen LogP contribution >= 0.6 is 0 Å². The van der Waals surface area contributed by atoms with Crippen LogP contribution in [0.5, 0.6) is 0 Å². The summed E-state index contributed by atoms with van der Waals surface area (Å²) in [6, 6.07) is 11.0. The van der Waals surface area contributed by atoms with Gasteiger partial charge in [0.2, 0.25) is 5.76 Å². The number of benzene rings is 1. The number of aromatic nitrogens is 1. The molecule has 3 aromatic rings. The van der Waals surface area contributed by atoms with E-state index in [4.69, 9.17) is 9.52 Å². The highest BCUT2D eigenvalue weighted by Gasteiger charge is 2.10. The Kier molecular flexibility index (Phi) is 2.23. The standard InChI is InChI=1S/C14H11NO3/c1-8-6-9-2-3-10(7-11(9)15-8)12-4-5-13(18-12)14(16)17/h2-7,15H,1H3,(H,16,17). The van der Waals surface area contributed by atoms with E-state index in [2.05, 4.69) is 11.1 Å². The zero-order chi connectivity index (χ0) is 12.7. The maximum atomic E-state index is 10.8. The second kappa shape index (κ2) is 3.77. The Morgan fingerprint density at radius 1 is 1.22 bits per heavy atom. The molecule has 0 fully saturated rings. The van der Waals surface area contributed by atoms with Crippen LogP contribution in [-0.4, -0.2) is 16.1 Å². The number of carbonyl (C=O) groups is 1. The van der Waals surface area contributed by atoms with Crippen molar-refractivity contribution in [2.24, 2.45) is 0 Å². The van der Waals surface area contributed by atoms with Gasteiger partial charge in [-0.05, 0) is 36.6 Å². The van der Waals surface area contributed by atoms with Gasteiger partial charge in [-0.15, -0.1) is 0 Å². The van der Waals surface area contributed by atoms with E-state index in [9.17, 15) is 4.79 Å². The highest BCUT2D eigenvalue weighted by Crippen LogP contribution is 2.26. The number of aromatic carboxylic acids is 1. The summed E-state index contributed by atoms with van der Waals surface area (Å²) in [5, 5.41) is 9.95. The van der Waals surface area contributed by atoms with Crippen LogP contribution in [0.15, 0.2) is 40.8 Å². The van der Waals surface area contributed by atoms with Gasteiger partial charge in [-0.2, -0.15) is 0 Å². The third kappa shape index (κ3) is 1.68. The molecule has 4 heteroatoms. The maximum Gasteiger partial charge on any atom is 0.371 e. The molecule has 0 radical (unpaired) electrons. The Morgan fingerprint density at radius 2 is 2.06 bits per heavy atom. The molecule has 4 nitrogen and oxygen atoms in total. The van der Waals surface area contributed by atoms with Gasteiger partial charge in [0.15, 0.2) is 0 Å². The molecule has 0 bridgehead atoms. The van der Waals surface area contributed by atoms with Crippen molar-refractivity contribution in [2.75, 3.05) is 0 Å². The number of fused-ring (bicyclic) bond motifs is 1. The van der Waals surface area contributed by atoms with Crippen molar-refractivity contribution in [1.82, 2.24) is 4.98 Å². The number of carboxylic acid groups (broad SMARTS) is 1. The fraction of sp³-hybridized carbons (Fsp3) is 0.0714. The van der Waals surface area contributed by atoms with Crippen molar-refractivity contribution in [2.45, 2.75) is 6.92 Å². The number of rotatable bonds is 2. The van der Waals surface area contributed by atoms with E-state index >= 15 is 0 Å². The highest BCUT2D eigenvalue weighted by atomic mass is 16.4. The second-order valence-electron chi connectivity index (χ2n) is 4.22. The summed E-state index contributed by atoms with van der Waals surface area (Å²) in [6.07, 6.45) is 0. The quantitative estimate of drug-likeness (QED) is 0.722. The van der Waals surface area contributed by atoms with Gasteiger partial charge < -0.3 is 14.5 Å². The lowest BCUT2D eigenvalue weighted by molar-refractivity contribution is 0.0663. The second-order valence-corrected chi connectivity index (χ2v) is 4.22. The zero-order valence-electron chi connectivity index (χ0n) is 9.73. The summed E-state index contributed by atoms with van der Waals surface area (Å²) in [5.41, 5.74) is 2.96. The van der Waals surface area contributed by atoms with Gasteiger partial charge in [0, 0.05) is 16.8 Å². The summed E-state index contributed by atoms with van der Waals surface area (Å²) in [7, 11) is 0. The molecule has 2 aromatic heterocycles. The molecular formula is C14H11NO3. The third-order valence-electron chi connectivity index (χ3n) is 2.86. The molecule has 2 heterocycles. The fourth-order valence-electron chi connectivity index (χ4n) is 2.03. The summed E-state index contributed by atoms with van der Waals surface area (Å²) >= 11 is 0. The molecular weight excluding hydrogens is 230 g/mol. The largest absolute Gasteiger partial charge is 0.475 e. The number of nitrogens with one attached hydrogen (secondary N) is 1. The Labute approximate surface area is 103 Å². The molecule has 2 N–H and O–H groups in total. The molecule has 3 rings (SSSR count). The van der Waals surface area contributed by atoms with Crippen molar-refractivity contribution < 1.29 is 14.3 Å². The maximum absolute atomic E-state index is 10.8. The van der Waals surface area contributed by atoms with Gasteiger partial charge in [-0.1, -0.05) is 12.1 Å². The highest BCUT2D eigenvalue weighted by molar-refractivity contribution is 5.87. The minimum absolute atomic E-state index is 0.0484. The van der Waals surface area contributed by atoms with Crippen LogP contribution in [0, 0.1) is 6.92 Å². The lowest BCUT2D eigenvalue weighted by Gasteiger charge is -1.97. The van der Waals surface area contributed by atoms with Crippen LogP contribution in [0.4, 0.5) is 0 Å². The molecule has 0 aliphatic heterocycles. The topological polar surface area (TPSA) is 66.2 Å². The van der Waals surface area contributed by atoms with Gasteiger partial charge in [0.25, 0.3) is 0 Å². The molecule has 0 aliphatic carbocycles. The first-order valence-electron chi connectivity index (χ1n) is 5.56. The van der Waals surface area contributed by atoms with E-state index in [1.807, 2.05) is 25.1 Å². The van der Waals surface area contributed by atoms with Crippen molar-refractivity contribution in [1.29, 1.82) is 0 Å². The number of aromatic amines is 1. The summed E-state index contributed by atoms with van der Waals surface area (Å²) in [4.78, 5) is 14.0. The van der Waals surface area contributed by atoms with E-state index in [0.717, 1.165) is 22.2 Å². The van der Waals surface area contributed by atoms with Crippen molar-refractivity contribution in [3.63, 3.8) is 0 Å². The predicted molar refractivity (Wildman–Crippen MR) is 67.7 cm³/mol. The Balaban J connectivity index is 2.09. The van der Waals surface area contributed by atoms with Crippen LogP contribution in [0.25, 0.3) is 22.2 Å². The van der Waals surface area contributed by atoms with E-state index in [1.165, 1.54) is 6.07 Å². The molecule has 18 heavy (non-hydrogen) atoms. The summed E-state index contributed by atoms with van der Waals surface area (Å²) < 4.78 is 5.27. The van der Waals surface area contributed by atoms with E-state index in [-0.39, 0.29) is 5.76 Å². The van der Waals surface area contributed by atoms with E-state index in [1.54, 1.807) is 6.07 Å². The van der Waals surface area contributed by atoms with Crippen molar-refractivity contribution in [3.8, 4) is 11.3 Å². The van der Waals surface area contributed by atoms with E-state index < -0.39 is 5.97 Å². The van der Waals surface area contributed by atoms with Gasteiger partial charge in [-0.3, -0.25) is 0 Å². The number of hydrogen-bond acceptors (Lipinski definition) is 2. The molecule has 0 saturated carbocycles. The van der Waals surface area contributed by atoms with Crippen molar-refractivity contribution in [3.05, 3.63) is 47.9 Å². The molecule has 1 aromatic carbocycles. The van der Waals surface area contributed by atoms with E-state index in [0.29, 0.717) is 5.76 Å². The molecule has 0 amide bonds. The first-order chi connectivity index (χ1) is 8.63. The SMILES string of the molecule is Cc1cc2ccc(-c3ccc(C(=O)O)o3)cc2[nH]1. The van der Waals surface area contributed by atoms with Crippen molar-refractivity contribution >= 4 is 16.9 Å². The third-order valence-corrected chi connectivity index (χ3v) is 2.86. The first-order valence-corrected chi connectivity index (χ1v) is 5.56. The van der Waals surface area contributed by atoms with Gasteiger partial charge >= 0.3 is 5.97 Å². The average molecular weight is 241 g/mol. The molecule has 0 spiro atoms. The van der Waals surface area contributed by atoms with Gasteiger partial charge in [-0.25, -0.2) is 4.79 Å². The van der Waals surface area contributed by atoms with Gasteiger partial charge in [0.1, 0.15) is 5.76 Å². The smallest absolute Gasteiger partial charge is 0.371 e. The normalized spacial score (nSPS) is 10.9.